The van der Waals surface area contributed by atoms with E-state index in [4.69, 9.17) is 4.74 Å². The van der Waals surface area contributed by atoms with E-state index in [9.17, 15) is 0 Å². The van der Waals surface area contributed by atoms with Crippen molar-refractivity contribution in [1.82, 2.24) is 9.78 Å². The average Bonchev–Trinajstić information content (AvgIpc) is 2.47. The molecule has 0 amide bonds. The number of hydrogen-bond donors (Lipinski definition) is 0. The summed E-state index contributed by atoms with van der Waals surface area (Å²) in [6.45, 7) is 5.97. The topological polar surface area (TPSA) is 27.1 Å². The van der Waals surface area contributed by atoms with Gasteiger partial charge in [-0.2, -0.15) is 5.10 Å². The Bertz CT molecular complexity index is 329. The van der Waals surface area contributed by atoms with Crippen molar-refractivity contribution in [3.63, 3.8) is 0 Å². The number of halogens is 1. The SMILES string of the molecule is Cc1nn(C2CCOCC2)c(C)c1I. The van der Waals surface area contributed by atoms with E-state index in [0.29, 0.717) is 6.04 Å². The second-order valence-corrected chi connectivity index (χ2v) is 4.85. The lowest BCUT2D eigenvalue weighted by Gasteiger charge is -2.23. The summed E-state index contributed by atoms with van der Waals surface area (Å²) in [6.07, 6.45) is 2.19. The van der Waals surface area contributed by atoms with Crippen molar-refractivity contribution < 1.29 is 4.74 Å². The first-order valence-corrected chi connectivity index (χ1v) is 6.07. The Hall–Kier alpha value is -0.100. The fourth-order valence-electron chi connectivity index (χ4n) is 1.93. The van der Waals surface area contributed by atoms with Crippen LogP contribution < -0.4 is 0 Å². The highest BCUT2D eigenvalue weighted by Crippen LogP contribution is 2.25. The Kier molecular flexibility index (Phi) is 3.11. The van der Waals surface area contributed by atoms with E-state index in [1.165, 1.54) is 9.26 Å². The number of aryl methyl sites for hydroxylation is 1. The largest absolute Gasteiger partial charge is 0.381 e. The molecule has 2 heterocycles. The molecule has 0 atom stereocenters. The minimum absolute atomic E-state index is 0.547. The predicted octanol–water partition coefficient (Wildman–Crippen LogP) is 2.46. The van der Waals surface area contributed by atoms with Gasteiger partial charge in [-0.1, -0.05) is 0 Å². The number of nitrogens with zero attached hydrogens (tertiary/aromatic N) is 2. The third-order valence-electron chi connectivity index (χ3n) is 2.77. The van der Waals surface area contributed by atoms with Crippen molar-refractivity contribution >= 4 is 22.6 Å². The van der Waals surface area contributed by atoms with Gasteiger partial charge in [-0.05, 0) is 49.3 Å². The Morgan fingerprint density at radius 3 is 2.50 bits per heavy atom. The molecule has 78 valence electrons. The van der Waals surface area contributed by atoms with Crippen LogP contribution in [-0.2, 0) is 4.74 Å². The summed E-state index contributed by atoms with van der Waals surface area (Å²) >= 11 is 2.37. The normalized spacial score (nSPS) is 18.8. The molecule has 1 aliphatic rings. The Labute approximate surface area is 98.0 Å². The number of ether oxygens (including phenoxy) is 1. The lowest BCUT2D eigenvalue weighted by molar-refractivity contribution is 0.0656. The van der Waals surface area contributed by atoms with E-state index < -0.39 is 0 Å². The van der Waals surface area contributed by atoms with E-state index in [1.54, 1.807) is 0 Å². The van der Waals surface area contributed by atoms with Crippen LogP contribution in [0.1, 0.15) is 30.3 Å². The van der Waals surface area contributed by atoms with Gasteiger partial charge in [-0.25, -0.2) is 0 Å². The molecule has 1 aliphatic heterocycles. The molecular formula is C10H15IN2O. The Morgan fingerprint density at radius 2 is 2.00 bits per heavy atom. The molecule has 0 spiro atoms. The monoisotopic (exact) mass is 306 g/mol. The Morgan fingerprint density at radius 1 is 1.36 bits per heavy atom. The highest BCUT2D eigenvalue weighted by atomic mass is 127. The van der Waals surface area contributed by atoms with E-state index in [2.05, 4.69) is 46.2 Å². The molecule has 14 heavy (non-hydrogen) atoms. The highest BCUT2D eigenvalue weighted by Gasteiger charge is 2.20. The molecule has 0 saturated carbocycles. The van der Waals surface area contributed by atoms with Gasteiger partial charge in [0.2, 0.25) is 0 Å². The van der Waals surface area contributed by atoms with Gasteiger partial charge in [0.05, 0.1) is 15.3 Å². The quantitative estimate of drug-likeness (QED) is 0.745. The summed E-state index contributed by atoms with van der Waals surface area (Å²) in [5.41, 5.74) is 2.45. The van der Waals surface area contributed by atoms with Crippen molar-refractivity contribution in [1.29, 1.82) is 0 Å². The standard InChI is InChI=1S/C10H15IN2O/c1-7-10(11)8(2)13(12-7)9-3-5-14-6-4-9/h9H,3-6H2,1-2H3. The molecule has 0 aromatic carbocycles. The molecule has 0 unspecified atom stereocenters. The van der Waals surface area contributed by atoms with Crippen LogP contribution in [0, 0.1) is 17.4 Å². The van der Waals surface area contributed by atoms with Gasteiger partial charge in [0, 0.05) is 18.9 Å². The maximum Gasteiger partial charge on any atom is 0.0730 e. The summed E-state index contributed by atoms with van der Waals surface area (Å²) in [6, 6.07) is 0.547. The summed E-state index contributed by atoms with van der Waals surface area (Å²) in [5.74, 6) is 0. The van der Waals surface area contributed by atoms with Crippen LogP contribution in [0.4, 0.5) is 0 Å². The van der Waals surface area contributed by atoms with Gasteiger partial charge in [0.1, 0.15) is 0 Å². The van der Waals surface area contributed by atoms with E-state index in [0.717, 1.165) is 31.7 Å². The molecule has 0 radical (unpaired) electrons. The first-order valence-electron chi connectivity index (χ1n) is 4.99. The molecule has 1 fully saturated rings. The minimum Gasteiger partial charge on any atom is -0.381 e. The zero-order valence-electron chi connectivity index (χ0n) is 8.59. The molecule has 2 rings (SSSR count). The lowest BCUT2D eigenvalue weighted by atomic mass is 10.1. The molecule has 3 nitrogen and oxygen atoms in total. The highest BCUT2D eigenvalue weighted by molar-refractivity contribution is 14.1. The van der Waals surface area contributed by atoms with Crippen LogP contribution in [0.25, 0.3) is 0 Å². The number of aromatic nitrogens is 2. The summed E-state index contributed by atoms with van der Waals surface area (Å²) in [4.78, 5) is 0. The summed E-state index contributed by atoms with van der Waals surface area (Å²) < 4.78 is 8.84. The number of hydrogen-bond acceptors (Lipinski definition) is 2. The summed E-state index contributed by atoms with van der Waals surface area (Å²) in [7, 11) is 0. The lowest BCUT2D eigenvalue weighted by Crippen LogP contribution is -2.21. The fraction of sp³-hybridized carbons (Fsp3) is 0.700. The number of rotatable bonds is 1. The minimum atomic E-state index is 0.547. The fourth-order valence-corrected chi connectivity index (χ4v) is 2.28. The Balaban J connectivity index is 2.26. The summed E-state index contributed by atoms with van der Waals surface area (Å²) in [5, 5.41) is 4.59. The second kappa shape index (κ2) is 4.18. The smallest absolute Gasteiger partial charge is 0.0730 e. The zero-order chi connectivity index (χ0) is 10.1. The molecule has 4 heteroatoms. The third kappa shape index (κ3) is 1.82. The van der Waals surface area contributed by atoms with Crippen LogP contribution in [0.5, 0.6) is 0 Å². The van der Waals surface area contributed by atoms with E-state index in [1.807, 2.05) is 0 Å². The van der Waals surface area contributed by atoms with Crippen molar-refractivity contribution in [3.8, 4) is 0 Å². The van der Waals surface area contributed by atoms with Gasteiger partial charge < -0.3 is 4.74 Å². The van der Waals surface area contributed by atoms with Crippen molar-refractivity contribution in [2.45, 2.75) is 32.7 Å². The molecule has 1 saturated heterocycles. The zero-order valence-corrected chi connectivity index (χ0v) is 10.7. The van der Waals surface area contributed by atoms with Crippen LogP contribution in [0.15, 0.2) is 0 Å². The van der Waals surface area contributed by atoms with E-state index in [-0.39, 0.29) is 0 Å². The van der Waals surface area contributed by atoms with Crippen LogP contribution in [0.3, 0.4) is 0 Å². The third-order valence-corrected chi connectivity index (χ3v) is 4.33. The van der Waals surface area contributed by atoms with Gasteiger partial charge in [0.15, 0.2) is 0 Å². The molecular weight excluding hydrogens is 291 g/mol. The first kappa shape index (κ1) is 10.4. The van der Waals surface area contributed by atoms with Gasteiger partial charge in [-0.3, -0.25) is 4.68 Å². The second-order valence-electron chi connectivity index (χ2n) is 3.77. The van der Waals surface area contributed by atoms with Crippen molar-refractivity contribution in [2.24, 2.45) is 0 Å². The van der Waals surface area contributed by atoms with Crippen LogP contribution in [0.2, 0.25) is 0 Å². The van der Waals surface area contributed by atoms with Crippen LogP contribution in [-0.4, -0.2) is 23.0 Å². The molecule has 1 aromatic rings. The predicted molar refractivity (Wildman–Crippen MR) is 63.5 cm³/mol. The van der Waals surface area contributed by atoms with Gasteiger partial charge in [0.25, 0.3) is 0 Å². The van der Waals surface area contributed by atoms with E-state index >= 15 is 0 Å². The van der Waals surface area contributed by atoms with Crippen molar-refractivity contribution in [2.75, 3.05) is 13.2 Å². The first-order chi connectivity index (χ1) is 6.70. The maximum atomic E-state index is 5.36. The van der Waals surface area contributed by atoms with Gasteiger partial charge >= 0.3 is 0 Å². The van der Waals surface area contributed by atoms with Crippen LogP contribution >= 0.6 is 22.6 Å². The molecule has 1 aromatic heterocycles. The molecule has 0 bridgehead atoms. The maximum absolute atomic E-state index is 5.36. The van der Waals surface area contributed by atoms with Gasteiger partial charge in [-0.15, -0.1) is 0 Å². The molecule has 0 aliphatic carbocycles. The van der Waals surface area contributed by atoms with Crippen molar-refractivity contribution in [3.05, 3.63) is 15.0 Å². The molecule has 0 N–H and O–H groups in total. The average molecular weight is 306 g/mol.